The lowest BCUT2D eigenvalue weighted by Gasteiger charge is -2.15. The Morgan fingerprint density at radius 1 is 1.62 bits per heavy atom. The van der Waals surface area contributed by atoms with E-state index in [2.05, 4.69) is 27.9 Å². The summed E-state index contributed by atoms with van der Waals surface area (Å²) in [5, 5.41) is 11.9. The highest BCUT2D eigenvalue weighted by molar-refractivity contribution is 14.1. The van der Waals surface area contributed by atoms with Crippen LogP contribution in [0.2, 0.25) is 0 Å². The lowest BCUT2D eigenvalue weighted by Crippen LogP contribution is -2.21. The van der Waals surface area contributed by atoms with Gasteiger partial charge in [0, 0.05) is 3.57 Å². The predicted octanol–water partition coefficient (Wildman–Crippen LogP) is 1.68. The highest BCUT2D eigenvalue weighted by Crippen LogP contribution is 2.20. The molecule has 0 fully saturated rings. The largest absolute Gasteiger partial charge is 0.394 e. The highest BCUT2D eigenvalue weighted by atomic mass is 127. The average Bonchev–Trinajstić information content (AvgIpc) is 2.13. The second kappa shape index (κ2) is 4.88. The lowest BCUT2D eigenvalue weighted by molar-refractivity contribution is 0.250. The van der Waals surface area contributed by atoms with Crippen LogP contribution in [0.4, 0.5) is 4.39 Å². The van der Waals surface area contributed by atoms with Gasteiger partial charge in [0.15, 0.2) is 0 Å². The van der Waals surface area contributed by atoms with E-state index in [1.807, 2.05) is 0 Å². The molecule has 0 bridgehead atoms. The summed E-state index contributed by atoms with van der Waals surface area (Å²) in [6.45, 7) is -0.0318. The summed E-state index contributed by atoms with van der Waals surface area (Å²) >= 11 is 2.12. The van der Waals surface area contributed by atoms with E-state index in [0.717, 1.165) is 9.13 Å². The highest BCUT2D eigenvalue weighted by Gasteiger charge is 2.11. The van der Waals surface area contributed by atoms with Crippen molar-refractivity contribution in [3.05, 3.63) is 33.1 Å². The number of halogens is 2. The maximum absolute atomic E-state index is 12.9. The van der Waals surface area contributed by atoms with Crippen LogP contribution < -0.4 is 5.32 Å². The van der Waals surface area contributed by atoms with Gasteiger partial charge in [-0.2, -0.15) is 0 Å². The summed E-state index contributed by atoms with van der Waals surface area (Å²) in [5.41, 5.74) is 0.797. The van der Waals surface area contributed by atoms with E-state index in [1.165, 1.54) is 12.1 Å². The van der Waals surface area contributed by atoms with Crippen LogP contribution in [0.15, 0.2) is 18.2 Å². The molecule has 0 aromatic heterocycles. The quantitative estimate of drug-likeness (QED) is 0.832. The monoisotopic (exact) mass is 295 g/mol. The fraction of sp³-hybridized carbons (Fsp3) is 0.333. The molecule has 0 amide bonds. The molecule has 0 heterocycles. The summed E-state index contributed by atoms with van der Waals surface area (Å²) < 4.78 is 13.8. The summed E-state index contributed by atoms with van der Waals surface area (Å²) in [5.74, 6) is -0.274. The van der Waals surface area contributed by atoms with E-state index >= 15 is 0 Å². The van der Waals surface area contributed by atoms with Crippen LogP contribution in [-0.2, 0) is 0 Å². The van der Waals surface area contributed by atoms with Gasteiger partial charge in [-0.1, -0.05) is 0 Å². The zero-order valence-electron chi connectivity index (χ0n) is 7.22. The van der Waals surface area contributed by atoms with E-state index < -0.39 is 0 Å². The number of nitrogens with one attached hydrogen (secondary N) is 1. The molecular formula is C9H11FINO. The van der Waals surface area contributed by atoms with Gasteiger partial charge < -0.3 is 10.4 Å². The third-order valence-electron chi connectivity index (χ3n) is 1.86. The number of benzene rings is 1. The molecule has 2 nitrogen and oxygen atoms in total. The van der Waals surface area contributed by atoms with E-state index in [0.29, 0.717) is 0 Å². The molecule has 72 valence electrons. The summed E-state index contributed by atoms with van der Waals surface area (Å²) in [4.78, 5) is 0. The number of aliphatic hydroxyl groups is 1. The smallest absolute Gasteiger partial charge is 0.123 e. The van der Waals surface area contributed by atoms with Crippen molar-refractivity contribution < 1.29 is 9.50 Å². The van der Waals surface area contributed by atoms with E-state index in [1.54, 1.807) is 13.1 Å². The van der Waals surface area contributed by atoms with Crippen molar-refractivity contribution in [2.45, 2.75) is 6.04 Å². The molecule has 0 spiro atoms. The Kier molecular flexibility index (Phi) is 4.08. The molecule has 1 rings (SSSR count). The number of likely N-dealkylation sites (N-methyl/N-ethyl adjacent to an activating group) is 1. The fourth-order valence-corrected chi connectivity index (χ4v) is 1.84. The molecule has 4 heteroatoms. The molecule has 0 radical (unpaired) electrons. The van der Waals surface area contributed by atoms with Crippen molar-refractivity contribution >= 4 is 22.6 Å². The predicted molar refractivity (Wildman–Crippen MR) is 58.0 cm³/mol. The Balaban J connectivity index is 3.03. The minimum atomic E-state index is -0.274. The third kappa shape index (κ3) is 2.62. The second-order valence-electron chi connectivity index (χ2n) is 2.69. The van der Waals surface area contributed by atoms with Crippen molar-refractivity contribution in [1.82, 2.24) is 5.32 Å². The van der Waals surface area contributed by atoms with Gasteiger partial charge in [-0.05, 0) is 53.4 Å². The van der Waals surface area contributed by atoms with Crippen LogP contribution in [0.5, 0.6) is 0 Å². The third-order valence-corrected chi connectivity index (χ3v) is 2.85. The van der Waals surface area contributed by atoms with Gasteiger partial charge in [-0.25, -0.2) is 4.39 Å². The first-order valence-electron chi connectivity index (χ1n) is 3.92. The summed E-state index contributed by atoms with van der Waals surface area (Å²) in [7, 11) is 1.74. The topological polar surface area (TPSA) is 32.3 Å². The molecule has 1 aromatic rings. The Hall–Kier alpha value is -0.200. The Labute approximate surface area is 90.3 Å². The van der Waals surface area contributed by atoms with Crippen LogP contribution in [0.25, 0.3) is 0 Å². The Morgan fingerprint density at radius 2 is 2.31 bits per heavy atom. The van der Waals surface area contributed by atoms with Gasteiger partial charge in [-0.15, -0.1) is 0 Å². The van der Waals surface area contributed by atoms with Crippen LogP contribution in [0, 0.1) is 9.39 Å². The van der Waals surface area contributed by atoms with Crippen LogP contribution in [0.3, 0.4) is 0 Å². The maximum atomic E-state index is 12.9. The zero-order valence-corrected chi connectivity index (χ0v) is 9.38. The molecule has 2 N–H and O–H groups in total. The number of aliphatic hydroxyl groups excluding tert-OH is 1. The zero-order chi connectivity index (χ0) is 9.84. The first kappa shape index (κ1) is 10.9. The Morgan fingerprint density at radius 3 is 2.85 bits per heavy atom. The maximum Gasteiger partial charge on any atom is 0.123 e. The van der Waals surface area contributed by atoms with E-state index in [4.69, 9.17) is 5.11 Å². The van der Waals surface area contributed by atoms with Crippen LogP contribution >= 0.6 is 22.6 Å². The standard InChI is InChI=1S/C9H11FINO/c1-12-9(5-13)7-4-6(10)2-3-8(7)11/h2-4,9,12-13H,5H2,1H3/t9-/m1/s1. The van der Waals surface area contributed by atoms with Crippen molar-refractivity contribution in [1.29, 1.82) is 0 Å². The summed E-state index contributed by atoms with van der Waals surface area (Å²) in [6, 6.07) is 4.36. The van der Waals surface area contributed by atoms with Crippen molar-refractivity contribution in [3.8, 4) is 0 Å². The van der Waals surface area contributed by atoms with E-state index in [-0.39, 0.29) is 18.5 Å². The lowest BCUT2D eigenvalue weighted by atomic mass is 10.1. The van der Waals surface area contributed by atoms with Gasteiger partial charge in [0.25, 0.3) is 0 Å². The average molecular weight is 295 g/mol. The molecule has 0 aliphatic heterocycles. The fourth-order valence-electron chi connectivity index (χ4n) is 1.13. The van der Waals surface area contributed by atoms with Gasteiger partial charge in [0.2, 0.25) is 0 Å². The SMILES string of the molecule is CN[C@H](CO)c1cc(F)ccc1I. The van der Waals surface area contributed by atoms with Crippen molar-refractivity contribution in [2.75, 3.05) is 13.7 Å². The minimum absolute atomic E-state index is 0.0318. The molecule has 0 saturated carbocycles. The molecule has 0 aliphatic rings. The van der Waals surface area contributed by atoms with Gasteiger partial charge in [-0.3, -0.25) is 0 Å². The molecule has 0 saturated heterocycles. The van der Waals surface area contributed by atoms with Crippen molar-refractivity contribution in [3.63, 3.8) is 0 Å². The molecular weight excluding hydrogens is 284 g/mol. The van der Waals surface area contributed by atoms with Gasteiger partial charge in [0.05, 0.1) is 12.6 Å². The second-order valence-corrected chi connectivity index (χ2v) is 3.85. The number of rotatable bonds is 3. The van der Waals surface area contributed by atoms with Crippen molar-refractivity contribution in [2.24, 2.45) is 0 Å². The number of hydrogen-bond donors (Lipinski definition) is 2. The minimum Gasteiger partial charge on any atom is -0.394 e. The molecule has 13 heavy (non-hydrogen) atoms. The molecule has 0 aliphatic carbocycles. The molecule has 1 aromatic carbocycles. The van der Waals surface area contributed by atoms with Gasteiger partial charge in [0.1, 0.15) is 5.82 Å². The van der Waals surface area contributed by atoms with Crippen LogP contribution in [-0.4, -0.2) is 18.8 Å². The Bertz CT molecular complexity index is 289. The summed E-state index contributed by atoms with van der Waals surface area (Å²) in [6.07, 6.45) is 0. The van der Waals surface area contributed by atoms with Gasteiger partial charge >= 0.3 is 0 Å². The first-order chi connectivity index (χ1) is 6.19. The van der Waals surface area contributed by atoms with E-state index in [9.17, 15) is 4.39 Å². The normalized spacial score (nSPS) is 12.9. The first-order valence-corrected chi connectivity index (χ1v) is 5.00. The molecule has 0 unspecified atom stereocenters. The molecule has 1 atom stereocenters. The number of hydrogen-bond acceptors (Lipinski definition) is 2. The van der Waals surface area contributed by atoms with Crippen LogP contribution in [0.1, 0.15) is 11.6 Å².